The van der Waals surface area contributed by atoms with Crippen molar-refractivity contribution in [3.8, 4) is 11.5 Å². The van der Waals surface area contributed by atoms with E-state index in [1.165, 1.54) is 35.5 Å². The molecule has 0 N–H and O–H groups in total. The summed E-state index contributed by atoms with van der Waals surface area (Å²) < 4.78 is 11.7. The van der Waals surface area contributed by atoms with Crippen LogP contribution in [0.5, 0.6) is 11.5 Å². The Balaban J connectivity index is 1.40. The van der Waals surface area contributed by atoms with E-state index in [4.69, 9.17) is 9.47 Å². The first-order valence-electron chi connectivity index (χ1n) is 12.2. The molecule has 0 saturated carbocycles. The predicted octanol–water partition coefficient (Wildman–Crippen LogP) is 5.55. The number of rotatable bonds is 9. The van der Waals surface area contributed by atoms with Crippen LogP contribution in [0.4, 0.5) is 0 Å². The lowest BCUT2D eigenvalue weighted by Gasteiger charge is -2.32. The first kappa shape index (κ1) is 23.6. The zero-order valence-corrected chi connectivity index (χ0v) is 20.8. The predicted molar refractivity (Wildman–Crippen MR) is 136 cm³/mol. The number of amides is 2. The van der Waals surface area contributed by atoms with Gasteiger partial charge in [-0.25, -0.2) is 0 Å². The summed E-state index contributed by atoms with van der Waals surface area (Å²) in [5, 5.41) is 3.55. The molecular formula is C28H30N2O4S. The van der Waals surface area contributed by atoms with Gasteiger partial charge in [-0.15, -0.1) is 0 Å². The van der Waals surface area contributed by atoms with Gasteiger partial charge in [0.25, 0.3) is 11.8 Å². The van der Waals surface area contributed by atoms with Crippen LogP contribution < -0.4 is 9.47 Å². The molecule has 182 valence electrons. The van der Waals surface area contributed by atoms with Gasteiger partial charge in [0.1, 0.15) is 6.61 Å². The summed E-state index contributed by atoms with van der Waals surface area (Å²) in [7, 11) is 1.61. The molecule has 3 heterocycles. The molecule has 3 aromatic rings. The summed E-state index contributed by atoms with van der Waals surface area (Å²) in [6.45, 7) is 3.40. The lowest BCUT2D eigenvalue weighted by molar-refractivity contribution is 0.0560. The number of hydrogen-bond donors (Lipinski definition) is 0. The highest BCUT2D eigenvalue weighted by Crippen LogP contribution is 2.38. The highest BCUT2D eigenvalue weighted by Gasteiger charge is 2.41. The monoisotopic (exact) mass is 490 g/mol. The average molecular weight is 491 g/mol. The second-order valence-corrected chi connectivity index (χ2v) is 9.81. The van der Waals surface area contributed by atoms with Crippen LogP contribution in [0.15, 0.2) is 59.3 Å². The van der Waals surface area contributed by atoms with Crippen LogP contribution in [0.3, 0.4) is 0 Å². The number of fused-ring (bicyclic) bond motifs is 1. The van der Waals surface area contributed by atoms with Crippen molar-refractivity contribution in [2.24, 2.45) is 0 Å². The molecular weight excluding hydrogens is 460 g/mol. The summed E-state index contributed by atoms with van der Waals surface area (Å²) in [5.41, 5.74) is 2.97. The van der Waals surface area contributed by atoms with E-state index in [0.29, 0.717) is 35.7 Å². The Kier molecular flexibility index (Phi) is 7.16. The Morgan fingerprint density at radius 2 is 1.63 bits per heavy atom. The van der Waals surface area contributed by atoms with E-state index in [9.17, 15) is 9.59 Å². The van der Waals surface area contributed by atoms with Crippen LogP contribution in [0, 0.1) is 0 Å². The summed E-state index contributed by atoms with van der Waals surface area (Å²) in [6, 6.07) is 15.3. The topological polar surface area (TPSA) is 59.1 Å². The normalized spacial score (nSPS) is 16.9. The first-order chi connectivity index (χ1) is 17.2. The molecule has 0 radical (unpaired) electrons. The number of ether oxygens (including phenoxy) is 2. The van der Waals surface area contributed by atoms with Gasteiger partial charge in [0.15, 0.2) is 11.5 Å². The number of methoxy groups -OCH3 is 1. The Bertz CT molecular complexity index is 1160. The minimum absolute atomic E-state index is 0.210. The fourth-order valence-corrected chi connectivity index (χ4v) is 5.74. The van der Waals surface area contributed by atoms with Crippen molar-refractivity contribution in [2.75, 3.05) is 26.7 Å². The maximum atomic E-state index is 13.3. The second-order valence-electron chi connectivity index (χ2n) is 9.07. The smallest absolute Gasteiger partial charge is 0.262 e. The fourth-order valence-electron chi connectivity index (χ4n) is 4.94. The number of piperidine rings is 1. The Hall–Kier alpha value is -3.16. The fraction of sp³-hybridized carbons (Fsp3) is 0.357. The van der Waals surface area contributed by atoms with E-state index in [0.717, 1.165) is 30.8 Å². The third-order valence-corrected chi connectivity index (χ3v) is 7.59. The van der Waals surface area contributed by atoms with Gasteiger partial charge >= 0.3 is 0 Å². The molecule has 0 spiro atoms. The summed E-state index contributed by atoms with van der Waals surface area (Å²) in [4.78, 5) is 30.4. The lowest BCUT2D eigenvalue weighted by Crippen LogP contribution is -2.38. The van der Waals surface area contributed by atoms with Gasteiger partial charge in [-0.1, -0.05) is 42.8 Å². The number of likely N-dealkylation sites (tertiary alicyclic amines) is 1. The molecule has 2 amide bonds. The van der Waals surface area contributed by atoms with Crippen molar-refractivity contribution in [1.82, 2.24) is 9.80 Å². The molecule has 2 aromatic carbocycles. The van der Waals surface area contributed by atoms with Crippen molar-refractivity contribution in [3.63, 3.8) is 0 Å². The molecule has 1 unspecified atom stereocenters. The highest BCUT2D eigenvalue weighted by atomic mass is 32.1. The molecule has 2 aliphatic rings. The Morgan fingerprint density at radius 3 is 2.31 bits per heavy atom. The van der Waals surface area contributed by atoms with Crippen LogP contribution in [0.1, 0.15) is 63.6 Å². The zero-order valence-electron chi connectivity index (χ0n) is 19.9. The number of thiophene rings is 1. The van der Waals surface area contributed by atoms with E-state index >= 15 is 0 Å². The van der Waals surface area contributed by atoms with Crippen molar-refractivity contribution in [1.29, 1.82) is 0 Å². The van der Waals surface area contributed by atoms with E-state index in [-0.39, 0.29) is 17.9 Å². The van der Waals surface area contributed by atoms with Gasteiger partial charge in [-0.2, -0.15) is 11.3 Å². The quantitative estimate of drug-likeness (QED) is 0.368. The maximum Gasteiger partial charge on any atom is 0.262 e. The van der Waals surface area contributed by atoms with Gasteiger partial charge < -0.3 is 14.4 Å². The minimum atomic E-state index is -0.369. The van der Waals surface area contributed by atoms with Crippen molar-refractivity contribution in [3.05, 3.63) is 81.5 Å². The number of nitrogens with zero attached hydrogens (tertiary/aromatic N) is 2. The third-order valence-electron chi connectivity index (χ3n) is 6.85. The van der Waals surface area contributed by atoms with Gasteiger partial charge in [0.2, 0.25) is 0 Å². The number of carbonyl (C=O) groups excluding carboxylic acids is 2. The van der Waals surface area contributed by atoms with Crippen LogP contribution in [0.2, 0.25) is 0 Å². The number of benzene rings is 2. The molecule has 1 atom stereocenters. The number of hydrogen-bond acceptors (Lipinski definition) is 6. The molecule has 35 heavy (non-hydrogen) atoms. The molecule has 5 rings (SSSR count). The molecule has 1 saturated heterocycles. The maximum absolute atomic E-state index is 13.3. The Morgan fingerprint density at radius 1 is 0.914 bits per heavy atom. The van der Waals surface area contributed by atoms with E-state index < -0.39 is 0 Å². The highest BCUT2D eigenvalue weighted by molar-refractivity contribution is 7.08. The Labute approximate surface area is 210 Å². The van der Waals surface area contributed by atoms with Crippen LogP contribution in [0.25, 0.3) is 0 Å². The van der Waals surface area contributed by atoms with Crippen molar-refractivity contribution in [2.45, 2.75) is 38.3 Å². The zero-order chi connectivity index (χ0) is 24.2. The van der Waals surface area contributed by atoms with E-state index in [2.05, 4.69) is 4.90 Å². The molecule has 7 heteroatoms. The van der Waals surface area contributed by atoms with Gasteiger partial charge in [0.05, 0.1) is 24.3 Å². The van der Waals surface area contributed by atoms with Crippen molar-refractivity contribution >= 4 is 23.2 Å². The summed E-state index contributed by atoms with van der Waals surface area (Å²) in [5.74, 6) is 0.804. The van der Waals surface area contributed by atoms with E-state index in [1.807, 2.05) is 48.5 Å². The van der Waals surface area contributed by atoms with Gasteiger partial charge in [-0.05, 0) is 55.6 Å². The summed E-state index contributed by atoms with van der Waals surface area (Å²) in [6.07, 6.45) is 4.35. The lowest BCUT2D eigenvalue weighted by atomic mass is 10.00. The molecule has 6 nitrogen and oxygen atoms in total. The van der Waals surface area contributed by atoms with Crippen molar-refractivity contribution < 1.29 is 19.1 Å². The molecule has 2 aliphatic heterocycles. The average Bonchev–Trinajstić information content (AvgIpc) is 3.48. The van der Waals surface area contributed by atoms with E-state index in [1.54, 1.807) is 17.9 Å². The number of carbonyl (C=O) groups is 2. The molecule has 0 bridgehead atoms. The largest absolute Gasteiger partial charge is 0.493 e. The molecule has 0 aliphatic carbocycles. The van der Waals surface area contributed by atoms with Crippen LogP contribution in [-0.2, 0) is 6.61 Å². The van der Waals surface area contributed by atoms with Gasteiger partial charge in [0, 0.05) is 17.3 Å². The minimum Gasteiger partial charge on any atom is -0.493 e. The van der Waals surface area contributed by atoms with Crippen LogP contribution in [-0.4, -0.2) is 48.4 Å². The standard InChI is InChI=1S/C28H30N2O4S/c1-33-26-16-21(10-11-25(26)34-17-20-8-4-2-5-9-20)24(12-15-29-13-6-3-7-14-29)30-27(31)22-18-35-19-23(22)28(30)32/h2,4-5,8-11,16,18-19,24H,3,6-7,12-15,17H2,1H3. The van der Waals surface area contributed by atoms with Crippen LogP contribution >= 0.6 is 11.3 Å². The molecule has 1 aromatic heterocycles. The third kappa shape index (κ3) is 4.97. The SMILES string of the molecule is COc1cc(C(CCN2CCCCC2)N2C(=O)c3cscc3C2=O)ccc1OCc1ccccc1. The van der Waals surface area contributed by atoms with Gasteiger partial charge in [-0.3, -0.25) is 14.5 Å². The first-order valence-corrected chi connectivity index (χ1v) is 13.1. The second kappa shape index (κ2) is 10.6. The molecule has 1 fully saturated rings. The number of imide groups is 1. The summed E-state index contributed by atoms with van der Waals surface area (Å²) >= 11 is 1.39.